The second kappa shape index (κ2) is 3.32. The Balaban J connectivity index is 2.95. The van der Waals surface area contributed by atoms with Gasteiger partial charge in [0.25, 0.3) is 0 Å². The summed E-state index contributed by atoms with van der Waals surface area (Å²) in [5, 5.41) is 0. The minimum atomic E-state index is 0.701. The van der Waals surface area contributed by atoms with Gasteiger partial charge in [-0.15, -0.1) is 0 Å². The molecule has 3 heteroatoms. The predicted molar refractivity (Wildman–Crippen MR) is 42.6 cm³/mol. The molecule has 0 aromatic carbocycles. The first-order valence-electron chi connectivity index (χ1n) is 3.76. The average Bonchev–Trinajstić information content (AvgIpc) is 2.33. The Hall–Kier alpha value is -1.12. The van der Waals surface area contributed by atoms with E-state index in [9.17, 15) is 4.79 Å². The zero-order chi connectivity index (χ0) is 8.27. The van der Waals surface area contributed by atoms with Gasteiger partial charge >= 0.3 is 0 Å². The first-order chi connectivity index (χ1) is 5.29. The molecule has 0 saturated carbocycles. The van der Waals surface area contributed by atoms with Gasteiger partial charge < -0.3 is 4.57 Å². The van der Waals surface area contributed by atoms with Gasteiger partial charge in [-0.05, 0) is 13.3 Å². The van der Waals surface area contributed by atoms with Gasteiger partial charge in [0.05, 0.1) is 12.0 Å². The highest BCUT2D eigenvalue weighted by Crippen LogP contribution is 2.03. The first kappa shape index (κ1) is 7.98. The van der Waals surface area contributed by atoms with Gasteiger partial charge in [0, 0.05) is 6.54 Å². The fourth-order valence-electron chi connectivity index (χ4n) is 1.06. The molecule has 3 nitrogen and oxygen atoms in total. The van der Waals surface area contributed by atoms with Crippen molar-refractivity contribution in [2.45, 2.75) is 26.8 Å². The van der Waals surface area contributed by atoms with Crippen molar-refractivity contribution in [2.24, 2.45) is 0 Å². The van der Waals surface area contributed by atoms with E-state index in [-0.39, 0.29) is 0 Å². The number of carbonyl (C=O) groups excluding carboxylic acids is 1. The SMILES string of the molecule is CCCn1cnc(C)c1C=O. The molecule has 0 aliphatic carbocycles. The van der Waals surface area contributed by atoms with Gasteiger partial charge in [-0.1, -0.05) is 6.92 Å². The molecule has 1 aromatic rings. The number of carbonyl (C=O) groups is 1. The molecule has 0 amide bonds. The summed E-state index contributed by atoms with van der Waals surface area (Å²) in [6.07, 6.45) is 3.59. The number of nitrogens with zero attached hydrogens (tertiary/aromatic N) is 2. The molecule has 1 rings (SSSR count). The number of hydrogen-bond acceptors (Lipinski definition) is 2. The van der Waals surface area contributed by atoms with Crippen LogP contribution in [0.25, 0.3) is 0 Å². The van der Waals surface area contributed by atoms with Gasteiger partial charge in [-0.3, -0.25) is 4.79 Å². The van der Waals surface area contributed by atoms with Gasteiger partial charge in [0.2, 0.25) is 0 Å². The lowest BCUT2D eigenvalue weighted by Gasteiger charge is -1.99. The van der Waals surface area contributed by atoms with Crippen molar-refractivity contribution in [1.29, 1.82) is 0 Å². The van der Waals surface area contributed by atoms with E-state index >= 15 is 0 Å². The summed E-state index contributed by atoms with van der Waals surface area (Å²) in [5.74, 6) is 0. The fraction of sp³-hybridized carbons (Fsp3) is 0.500. The van der Waals surface area contributed by atoms with Crippen molar-refractivity contribution in [3.05, 3.63) is 17.7 Å². The molecule has 60 valence electrons. The Morgan fingerprint density at radius 3 is 3.00 bits per heavy atom. The molecule has 11 heavy (non-hydrogen) atoms. The zero-order valence-electron chi connectivity index (χ0n) is 6.87. The molecule has 0 fully saturated rings. The van der Waals surface area contributed by atoms with E-state index in [1.807, 2.05) is 11.5 Å². The van der Waals surface area contributed by atoms with Gasteiger partial charge in [-0.25, -0.2) is 4.98 Å². The van der Waals surface area contributed by atoms with Crippen molar-refractivity contribution in [3.63, 3.8) is 0 Å². The van der Waals surface area contributed by atoms with Crippen LogP contribution in [0, 0.1) is 6.92 Å². The topological polar surface area (TPSA) is 34.9 Å². The summed E-state index contributed by atoms with van der Waals surface area (Å²) in [6.45, 7) is 4.79. The number of aryl methyl sites for hydroxylation is 2. The maximum Gasteiger partial charge on any atom is 0.168 e. The Morgan fingerprint density at radius 1 is 1.73 bits per heavy atom. The van der Waals surface area contributed by atoms with Crippen LogP contribution < -0.4 is 0 Å². The predicted octanol–water partition coefficient (Wildman–Crippen LogP) is 1.41. The van der Waals surface area contributed by atoms with Crippen molar-refractivity contribution in [3.8, 4) is 0 Å². The molecule has 1 aromatic heterocycles. The minimum absolute atomic E-state index is 0.701. The molecule has 0 radical (unpaired) electrons. The Bertz CT molecular complexity index is 253. The standard InChI is InChI=1S/C8H12N2O/c1-3-4-10-6-9-7(2)8(10)5-11/h5-6H,3-4H2,1-2H3. The lowest BCUT2D eigenvalue weighted by atomic mass is 10.3. The van der Waals surface area contributed by atoms with Crippen LogP contribution in [0.1, 0.15) is 29.5 Å². The highest BCUT2D eigenvalue weighted by Gasteiger charge is 2.03. The quantitative estimate of drug-likeness (QED) is 0.614. The van der Waals surface area contributed by atoms with E-state index in [1.165, 1.54) is 0 Å². The number of aromatic nitrogens is 2. The second-order valence-electron chi connectivity index (χ2n) is 2.53. The fourth-order valence-corrected chi connectivity index (χ4v) is 1.06. The average molecular weight is 152 g/mol. The third kappa shape index (κ3) is 1.48. The summed E-state index contributed by atoms with van der Waals surface area (Å²) in [4.78, 5) is 14.6. The Kier molecular flexibility index (Phi) is 2.41. The van der Waals surface area contributed by atoms with Crippen molar-refractivity contribution in [1.82, 2.24) is 9.55 Å². The molecular formula is C8H12N2O. The van der Waals surface area contributed by atoms with Crippen LogP contribution in [0.4, 0.5) is 0 Å². The molecular weight excluding hydrogens is 140 g/mol. The number of hydrogen-bond donors (Lipinski definition) is 0. The van der Waals surface area contributed by atoms with Crippen molar-refractivity contribution in [2.75, 3.05) is 0 Å². The molecule has 0 atom stereocenters. The maximum absolute atomic E-state index is 10.5. The van der Waals surface area contributed by atoms with E-state index < -0.39 is 0 Å². The van der Waals surface area contributed by atoms with E-state index in [4.69, 9.17) is 0 Å². The molecule has 0 bridgehead atoms. The highest BCUT2D eigenvalue weighted by atomic mass is 16.1. The first-order valence-corrected chi connectivity index (χ1v) is 3.76. The van der Waals surface area contributed by atoms with Crippen LogP contribution in [0.5, 0.6) is 0 Å². The lowest BCUT2D eigenvalue weighted by molar-refractivity contribution is 0.111. The maximum atomic E-state index is 10.5. The zero-order valence-corrected chi connectivity index (χ0v) is 6.87. The summed E-state index contributed by atoms with van der Waals surface area (Å²) in [6, 6.07) is 0. The van der Waals surface area contributed by atoms with Crippen molar-refractivity contribution >= 4 is 6.29 Å². The van der Waals surface area contributed by atoms with Crippen molar-refractivity contribution < 1.29 is 4.79 Å². The highest BCUT2D eigenvalue weighted by molar-refractivity contribution is 5.73. The number of rotatable bonds is 3. The van der Waals surface area contributed by atoms with Gasteiger partial charge in [-0.2, -0.15) is 0 Å². The van der Waals surface area contributed by atoms with E-state index in [1.54, 1.807) is 6.33 Å². The summed E-state index contributed by atoms with van der Waals surface area (Å²) in [5.41, 5.74) is 1.51. The summed E-state index contributed by atoms with van der Waals surface area (Å²) in [7, 11) is 0. The smallest absolute Gasteiger partial charge is 0.168 e. The minimum Gasteiger partial charge on any atom is -0.328 e. The molecule has 0 aliphatic rings. The van der Waals surface area contributed by atoms with Crippen LogP contribution in [-0.4, -0.2) is 15.8 Å². The molecule has 0 saturated heterocycles. The van der Waals surface area contributed by atoms with E-state index in [2.05, 4.69) is 11.9 Å². The number of imidazole rings is 1. The third-order valence-corrected chi connectivity index (χ3v) is 1.65. The van der Waals surface area contributed by atoms with Crippen LogP contribution in [0.15, 0.2) is 6.33 Å². The second-order valence-corrected chi connectivity index (χ2v) is 2.53. The lowest BCUT2D eigenvalue weighted by Crippen LogP contribution is -2.00. The number of aldehydes is 1. The van der Waals surface area contributed by atoms with Crippen LogP contribution in [0.3, 0.4) is 0 Å². The third-order valence-electron chi connectivity index (χ3n) is 1.65. The van der Waals surface area contributed by atoms with Crippen LogP contribution in [-0.2, 0) is 6.54 Å². The van der Waals surface area contributed by atoms with Crippen LogP contribution >= 0.6 is 0 Å². The molecule has 1 heterocycles. The molecule has 0 spiro atoms. The van der Waals surface area contributed by atoms with Crippen LogP contribution in [0.2, 0.25) is 0 Å². The normalized spacial score (nSPS) is 10.0. The molecule has 0 unspecified atom stereocenters. The molecule has 0 N–H and O–H groups in total. The van der Waals surface area contributed by atoms with E-state index in [0.717, 1.165) is 24.9 Å². The monoisotopic (exact) mass is 152 g/mol. The Labute approximate surface area is 66.1 Å². The molecule has 0 aliphatic heterocycles. The largest absolute Gasteiger partial charge is 0.328 e. The van der Waals surface area contributed by atoms with E-state index in [0.29, 0.717) is 5.69 Å². The summed E-state index contributed by atoms with van der Waals surface area (Å²) < 4.78 is 1.88. The van der Waals surface area contributed by atoms with Gasteiger partial charge in [0.1, 0.15) is 5.69 Å². The summed E-state index contributed by atoms with van der Waals surface area (Å²) >= 11 is 0. The van der Waals surface area contributed by atoms with Gasteiger partial charge in [0.15, 0.2) is 6.29 Å². The Morgan fingerprint density at radius 2 is 2.45 bits per heavy atom.